The van der Waals surface area contributed by atoms with Crippen LogP contribution in [-0.4, -0.2) is 15.8 Å². The fourth-order valence-corrected chi connectivity index (χ4v) is 2.18. The summed E-state index contributed by atoms with van der Waals surface area (Å²) in [6.07, 6.45) is 1.11. The molecule has 6 heteroatoms. The summed E-state index contributed by atoms with van der Waals surface area (Å²) in [4.78, 5) is 26.3. The number of amides is 1. The van der Waals surface area contributed by atoms with E-state index in [4.69, 9.17) is 0 Å². The number of nitro groups is 1. The summed E-state index contributed by atoms with van der Waals surface area (Å²) >= 11 is 0. The van der Waals surface area contributed by atoms with Crippen molar-refractivity contribution in [2.45, 2.75) is 0 Å². The number of nitrogens with zero attached hydrogens (tertiary/aromatic N) is 2. The molecule has 0 aliphatic heterocycles. The Morgan fingerprint density at radius 1 is 1.05 bits per heavy atom. The molecule has 1 amide bonds. The van der Waals surface area contributed by atoms with Gasteiger partial charge in [0.15, 0.2) is 0 Å². The van der Waals surface area contributed by atoms with Gasteiger partial charge < -0.3 is 5.32 Å². The number of benzene rings is 2. The Morgan fingerprint density at radius 2 is 1.82 bits per heavy atom. The highest BCUT2D eigenvalue weighted by molar-refractivity contribution is 6.12. The molecule has 0 aliphatic carbocycles. The van der Waals surface area contributed by atoms with E-state index in [-0.39, 0.29) is 17.4 Å². The number of fused-ring (bicyclic) bond motifs is 1. The Balaban J connectivity index is 1.89. The van der Waals surface area contributed by atoms with Gasteiger partial charge in [0.25, 0.3) is 11.6 Å². The van der Waals surface area contributed by atoms with Crippen LogP contribution >= 0.6 is 0 Å². The molecule has 6 nitrogen and oxygen atoms in total. The minimum Gasteiger partial charge on any atom is -0.307 e. The van der Waals surface area contributed by atoms with Gasteiger partial charge in [-0.3, -0.25) is 14.9 Å². The molecule has 3 rings (SSSR count). The number of hydrogen-bond acceptors (Lipinski definition) is 4. The Morgan fingerprint density at radius 3 is 2.55 bits per heavy atom. The van der Waals surface area contributed by atoms with Gasteiger partial charge in [-0.15, -0.1) is 0 Å². The molecule has 0 aliphatic rings. The van der Waals surface area contributed by atoms with Crippen molar-refractivity contribution in [1.29, 1.82) is 0 Å². The second-order valence-corrected chi connectivity index (χ2v) is 4.64. The number of rotatable bonds is 3. The lowest BCUT2D eigenvalue weighted by Gasteiger charge is -2.07. The van der Waals surface area contributed by atoms with E-state index in [9.17, 15) is 14.9 Å². The fraction of sp³-hybridized carbons (Fsp3) is 0. The highest BCUT2D eigenvalue weighted by Crippen LogP contribution is 2.20. The van der Waals surface area contributed by atoms with Crippen LogP contribution in [0.5, 0.6) is 0 Å². The standard InChI is InChI=1S/C16H11N3O3/c20-16(18-15-9-8-12(10-17-15)19(21)22)14-7-3-5-11-4-1-2-6-13(11)14/h1-10H,(H,17,18,20). The molecule has 3 aromatic rings. The average Bonchev–Trinajstić information content (AvgIpc) is 2.54. The van der Waals surface area contributed by atoms with Gasteiger partial charge in [-0.25, -0.2) is 4.98 Å². The molecule has 1 heterocycles. The van der Waals surface area contributed by atoms with Crippen molar-refractivity contribution in [2.75, 3.05) is 5.32 Å². The quantitative estimate of drug-likeness (QED) is 0.592. The molecule has 108 valence electrons. The van der Waals surface area contributed by atoms with Crippen LogP contribution in [0.25, 0.3) is 10.8 Å². The molecule has 0 fully saturated rings. The van der Waals surface area contributed by atoms with Gasteiger partial charge in [0, 0.05) is 11.6 Å². The maximum atomic E-state index is 12.4. The Bertz CT molecular complexity index is 855. The van der Waals surface area contributed by atoms with Crippen molar-refractivity contribution in [3.05, 3.63) is 76.5 Å². The minimum absolute atomic E-state index is 0.122. The molecule has 0 saturated carbocycles. The van der Waals surface area contributed by atoms with Gasteiger partial charge in [0.1, 0.15) is 12.0 Å². The summed E-state index contributed by atoms with van der Waals surface area (Å²) in [5, 5.41) is 15.0. The molecule has 2 aromatic carbocycles. The van der Waals surface area contributed by atoms with E-state index in [0.29, 0.717) is 5.56 Å². The number of carbonyl (C=O) groups is 1. The fourth-order valence-electron chi connectivity index (χ4n) is 2.18. The summed E-state index contributed by atoms with van der Waals surface area (Å²) in [6, 6.07) is 15.7. The Labute approximate surface area is 125 Å². The maximum absolute atomic E-state index is 12.4. The van der Waals surface area contributed by atoms with Crippen molar-refractivity contribution in [3.63, 3.8) is 0 Å². The van der Waals surface area contributed by atoms with Crippen LogP contribution in [0.15, 0.2) is 60.8 Å². The van der Waals surface area contributed by atoms with Gasteiger partial charge >= 0.3 is 0 Å². The van der Waals surface area contributed by atoms with Crippen LogP contribution in [-0.2, 0) is 0 Å². The molecule has 22 heavy (non-hydrogen) atoms. The summed E-state index contributed by atoms with van der Waals surface area (Å²) in [7, 11) is 0. The lowest BCUT2D eigenvalue weighted by atomic mass is 10.0. The van der Waals surface area contributed by atoms with Gasteiger partial charge in [-0.05, 0) is 22.9 Å². The first kappa shape index (κ1) is 13.7. The van der Waals surface area contributed by atoms with Gasteiger partial charge in [-0.2, -0.15) is 0 Å². The minimum atomic E-state index is -0.538. The molecule has 1 aromatic heterocycles. The molecule has 0 spiro atoms. The first-order valence-electron chi connectivity index (χ1n) is 6.55. The van der Waals surface area contributed by atoms with E-state index in [1.54, 1.807) is 12.1 Å². The van der Waals surface area contributed by atoms with Crippen molar-refractivity contribution < 1.29 is 9.72 Å². The van der Waals surface area contributed by atoms with E-state index in [0.717, 1.165) is 17.0 Å². The maximum Gasteiger partial charge on any atom is 0.287 e. The SMILES string of the molecule is O=C(Nc1ccc([N+](=O)[O-])cn1)c1cccc2ccccc12. The zero-order valence-electron chi connectivity index (χ0n) is 11.4. The lowest BCUT2D eigenvalue weighted by molar-refractivity contribution is -0.385. The van der Waals surface area contributed by atoms with Crippen LogP contribution in [0.2, 0.25) is 0 Å². The number of carbonyl (C=O) groups excluding carboxylic acids is 1. The molecule has 0 bridgehead atoms. The van der Waals surface area contributed by atoms with Crippen LogP contribution in [0.3, 0.4) is 0 Å². The van der Waals surface area contributed by atoms with Gasteiger partial charge in [0.05, 0.1) is 4.92 Å². The normalized spacial score (nSPS) is 10.4. The summed E-state index contributed by atoms with van der Waals surface area (Å²) in [5.74, 6) is -0.0401. The van der Waals surface area contributed by atoms with E-state index >= 15 is 0 Å². The predicted octanol–water partition coefficient (Wildman–Crippen LogP) is 3.40. The zero-order chi connectivity index (χ0) is 15.5. The lowest BCUT2D eigenvalue weighted by Crippen LogP contribution is -2.13. The van der Waals surface area contributed by atoms with E-state index in [1.807, 2.05) is 30.3 Å². The second-order valence-electron chi connectivity index (χ2n) is 4.64. The topological polar surface area (TPSA) is 85.1 Å². The molecule has 0 saturated heterocycles. The first-order valence-corrected chi connectivity index (χ1v) is 6.55. The van der Waals surface area contributed by atoms with Crippen LogP contribution < -0.4 is 5.32 Å². The van der Waals surface area contributed by atoms with Crippen LogP contribution in [0.1, 0.15) is 10.4 Å². The van der Waals surface area contributed by atoms with Gasteiger partial charge in [-0.1, -0.05) is 36.4 Å². The third-order valence-electron chi connectivity index (χ3n) is 3.23. The highest BCUT2D eigenvalue weighted by Gasteiger charge is 2.11. The number of nitrogens with one attached hydrogen (secondary N) is 1. The molecule has 1 N–H and O–H groups in total. The number of pyridine rings is 1. The Hall–Kier alpha value is -3.28. The summed E-state index contributed by atoms with van der Waals surface area (Å²) in [5.41, 5.74) is 0.404. The van der Waals surface area contributed by atoms with E-state index < -0.39 is 4.92 Å². The largest absolute Gasteiger partial charge is 0.307 e. The zero-order valence-corrected chi connectivity index (χ0v) is 11.4. The monoisotopic (exact) mass is 293 g/mol. The molecule has 0 radical (unpaired) electrons. The second kappa shape index (κ2) is 5.61. The predicted molar refractivity (Wildman–Crippen MR) is 82.8 cm³/mol. The number of anilines is 1. The molecular weight excluding hydrogens is 282 g/mol. The summed E-state index contributed by atoms with van der Waals surface area (Å²) in [6.45, 7) is 0. The molecule has 0 atom stereocenters. The summed E-state index contributed by atoms with van der Waals surface area (Å²) < 4.78 is 0. The number of hydrogen-bond donors (Lipinski definition) is 1. The van der Waals surface area contributed by atoms with Crippen LogP contribution in [0.4, 0.5) is 11.5 Å². The van der Waals surface area contributed by atoms with Crippen molar-refractivity contribution in [3.8, 4) is 0 Å². The molecular formula is C16H11N3O3. The Kier molecular flexibility index (Phi) is 3.49. The third kappa shape index (κ3) is 2.62. The molecule has 0 unspecified atom stereocenters. The highest BCUT2D eigenvalue weighted by atomic mass is 16.6. The number of aromatic nitrogens is 1. The third-order valence-corrected chi connectivity index (χ3v) is 3.23. The average molecular weight is 293 g/mol. The van der Waals surface area contributed by atoms with Crippen molar-refractivity contribution >= 4 is 28.2 Å². The van der Waals surface area contributed by atoms with E-state index in [2.05, 4.69) is 10.3 Å². The van der Waals surface area contributed by atoms with Gasteiger partial charge in [0.2, 0.25) is 0 Å². The first-order chi connectivity index (χ1) is 10.6. The van der Waals surface area contributed by atoms with E-state index in [1.165, 1.54) is 12.1 Å². The van der Waals surface area contributed by atoms with Crippen LogP contribution in [0, 0.1) is 10.1 Å². The van der Waals surface area contributed by atoms with Crippen molar-refractivity contribution in [1.82, 2.24) is 4.98 Å². The van der Waals surface area contributed by atoms with Crippen molar-refractivity contribution in [2.24, 2.45) is 0 Å². The smallest absolute Gasteiger partial charge is 0.287 e.